The van der Waals surface area contributed by atoms with E-state index in [1.165, 1.54) is 17.8 Å². The van der Waals surface area contributed by atoms with Gasteiger partial charge in [-0.1, -0.05) is 30.3 Å². The first-order valence-electron chi connectivity index (χ1n) is 8.20. The van der Waals surface area contributed by atoms with Crippen molar-refractivity contribution in [2.24, 2.45) is 0 Å². The van der Waals surface area contributed by atoms with Gasteiger partial charge in [0, 0.05) is 24.5 Å². The van der Waals surface area contributed by atoms with Gasteiger partial charge in [0.2, 0.25) is 5.91 Å². The van der Waals surface area contributed by atoms with Crippen molar-refractivity contribution < 1.29 is 13.6 Å². The number of halogens is 2. The Morgan fingerprint density at radius 3 is 2.60 bits per heavy atom. The molecule has 1 N–H and O–H groups in total. The van der Waals surface area contributed by atoms with Gasteiger partial charge >= 0.3 is 0 Å². The van der Waals surface area contributed by atoms with Gasteiger partial charge in [0.15, 0.2) is 11.6 Å². The maximum absolute atomic E-state index is 13.5. The fraction of sp³-hybridized carbons (Fsp3) is 0.316. The zero-order valence-corrected chi connectivity index (χ0v) is 14.7. The fourth-order valence-electron chi connectivity index (χ4n) is 2.91. The number of carbonyl (C=O) groups is 1. The van der Waals surface area contributed by atoms with Crippen LogP contribution < -0.4 is 5.32 Å². The highest BCUT2D eigenvalue weighted by atomic mass is 32.2. The lowest BCUT2D eigenvalue weighted by molar-refractivity contribution is -0.131. The van der Waals surface area contributed by atoms with Gasteiger partial charge in [-0.3, -0.25) is 4.79 Å². The number of thioether (sulfide) groups is 1. The standard InChI is InChI=1S/C19H20F2N2OS/c1-23(14-9-10-22-12-14)19(24)18(13-5-3-2-4-6-13)25-15-7-8-16(20)17(21)11-15/h2-8,11,14,18,22H,9-10,12H2,1H3. The van der Waals surface area contributed by atoms with Crippen molar-refractivity contribution in [3.63, 3.8) is 0 Å². The van der Waals surface area contributed by atoms with E-state index in [9.17, 15) is 13.6 Å². The third kappa shape index (κ3) is 4.19. The van der Waals surface area contributed by atoms with E-state index in [4.69, 9.17) is 0 Å². The number of nitrogens with zero attached hydrogens (tertiary/aromatic N) is 1. The number of nitrogens with one attached hydrogen (secondary N) is 1. The van der Waals surface area contributed by atoms with Crippen molar-refractivity contribution in [3.05, 3.63) is 65.7 Å². The van der Waals surface area contributed by atoms with Crippen LogP contribution in [0.1, 0.15) is 17.2 Å². The summed E-state index contributed by atoms with van der Waals surface area (Å²) in [5, 5.41) is 2.76. The first-order valence-corrected chi connectivity index (χ1v) is 9.08. The highest BCUT2D eigenvalue weighted by Crippen LogP contribution is 2.37. The fourth-order valence-corrected chi connectivity index (χ4v) is 4.06. The van der Waals surface area contributed by atoms with E-state index in [1.807, 2.05) is 37.4 Å². The Bertz CT molecular complexity index is 735. The Labute approximate surface area is 150 Å². The quantitative estimate of drug-likeness (QED) is 0.825. The van der Waals surface area contributed by atoms with Gasteiger partial charge in [0.1, 0.15) is 5.25 Å². The zero-order chi connectivity index (χ0) is 17.8. The second kappa shape index (κ2) is 7.97. The zero-order valence-electron chi connectivity index (χ0n) is 13.9. The molecular formula is C19H20F2N2OS. The van der Waals surface area contributed by atoms with E-state index in [-0.39, 0.29) is 11.9 Å². The monoisotopic (exact) mass is 362 g/mol. The molecule has 2 aromatic rings. The first kappa shape index (κ1) is 17.9. The van der Waals surface area contributed by atoms with Crippen molar-refractivity contribution in [1.82, 2.24) is 10.2 Å². The molecule has 1 fully saturated rings. The van der Waals surface area contributed by atoms with E-state index >= 15 is 0 Å². The average molecular weight is 362 g/mol. The van der Waals surface area contributed by atoms with Crippen LogP contribution in [0.15, 0.2) is 53.4 Å². The molecule has 6 heteroatoms. The van der Waals surface area contributed by atoms with Crippen molar-refractivity contribution >= 4 is 17.7 Å². The molecule has 25 heavy (non-hydrogen) atoms. The van der Waals surface area contributed by atoms with Gasteiger partial charge in [-0.25, -0.2) is 8.78 Å². The minimum absolute atomic E-state index is 0.0327. The van der Waals surface area contributed by atoms with Crippen LogP contribution in [0, 0.1) is 11.6 Å². The molecule has 2 aromatic carbocycles. The third-order valence-electron chi connectivity index (χ3n) is 4.40. The minimum Gasteiger partial charge on any atom is -0.340 e. The second-order valence-corrected chi connectivity index (χ2v) is 7.26. The molecule has 132 valence electrons. The number of carbonyl (C=O) groups excluding carboxylic acids is 1. The number of hydrogen-bond acceptors (Lipinski definition) is 3. The number of benzene rings is 2. The van der Waals surface area contributed by atoms with Gasteiger partial charge in [-0.2, -0.15) is 0 Å². The molecule has 3 nitrogen and oxygen atoms in total. The molecule has 1 amide bonds. The van der Waals surface area contributed by atoms with Crippen LogP contribution in [-0.4, -0.2) is 37.0 Å². The summed E-state index contributed by atoms with van der Waals surface area (Å²) in [6, 6.07) is 13.3. The van der Waals surface area contributed by atoms with Crippen LogP contribution in [0.3, 0.4) is 0 Å². The number of hydrogen-bond donors (Lipinski definition) is 1. The molecule has 2 atom stereocenters. The van der Waals surface area contributed by atoms with Crippen LogP contribution >= 0.6 is 11.8 Å². The molecule has 0 saturated carbocycles. The molecule has 2 unspecified atom stereocenters. The Kier molecular flexibility index (Phi) is 5.71. The van der Waals surface area contributed by atoms with Crippen LogP contribution in [0.25, 0.3) is 0 Å². The molecule has 1 aliphatic rings. The SMILES string of the molecule is CN(C(=O)C(Sc1ccc(F)c(F)c1)c1ccccc1)C1CCNC1. The highest BCUT2D eigenvalue weighted by Gasteiger charge is 2.30. The molecule has 0 spiro atoms. The van der Waals surface area contributed by atoms with Gasteiger partial charge in [0.25, 0.3) is 0 Å². The van der Waals surface area contributed by atoms with Gasteiger partial charge < -0.3 is 10.2 Å². The van der Waals surface area contributed by atoms with Crippen molar-refractivity contribution in [3.8, 4) is 0 Å². The molecule has 3 rings (SSSR count). The lowest BCUT2D eigenvalue weighted by Gasteiger charge is -2.28. The van der Waals surface area contributed by atoms with Crippen LogP contribution in [0.4, 0.5) is 8.78 Å². The smallest absolute Gasteiger partial charge is 0.240 e. The van der Waals surface area contributed by atoms with Crippen molar-refractivity contribution in [1.29, 1.82) is 0 Å². The molecule has 0 aromatic heterocycles. The summed E-state index contributed by atoms with van der Waals surface area (Å²) in [6.07, 6.45) is 0.916. The summed E-state index contributed by atoms with van der Waals surface area (Å²) in [4.78, 5) is 15.4. The summed E-state index contributed by atoms with van der Waals surface area (Å²) in [6.45, 7) is 1.67. The highest BCUT2D eigenvalue weighted by molar-refractivity contribution is 8.00. The predicted octanol–water partition coefficient (Wildman–Crippen LogP) is 3.62. The molecule has 1 heterocycles. The van der Waals surface area contributed by atoms with E-state index in [0.29, 0.717) is 4.90 Å². The summed E-state index contributed by atoms with van der Waals surface area (Å²) in [7, 11) is 1.81. The Balaban J connectivity index is 1.86. The summed E-state index contributed by atoms with van der Waals surface area (Å²) < 4.78 is 26.7. The number of amides is 1. The minimum atomic E-state index is -0.905. The molecule has 1 saturated heterocycles. The van der Waals surface area contributed by atoms with E-state index in [1.54, 1.807) is 4.90 Å². The van der Waals surface area contributed by atoms with Gasteiger partial charge in [0.05, 0.1) is 0 Å². The molecule has 0 aliphatic carbocycles. The van der Waals surface area contributed by atoms with Crippen molar-refractivity contribution in [2.75, 3.05) is 20.1 Å². The number of rotatable bonds is 5. The van der Waals surface area contributed by atoms with E-state index in [0.717, 1.165) is 37.2 Å². The van der Waals surface area contributed by atoms with E-state index < -0.39 is 16.9 Å². The summed E-state index contributed by atoms with van der Waals surface area (Å²) in [5.74, 6) is -1.83. The van der Waals surface area contributed by atoms with Crippen LogP contribution in [-0.2, 0) is 4.79 Å². The van der Waals surface area contributed by atoms with Crippen molar-refractivity contribution in [2.45, 2.75) is 22.6 Å². The first-order chi connectivity index (χ1) is 12.1. The second-order valence-electron chi connectivity index (χ2n) is 6.08. The largest absolute Gasteiger partial charge is 0.340 e. The summed E-state index contributed by atoms with van der Waals surface area (Å²) in [5.41, 5.74) is 0.847. The maximum Gasteiger partial charge on any atom is 0.240 e. The molecular weight excluding hydrogens is 342 g/mol. The van der Waals surface area contributed by atoms with Gasteiger partial charge in [-0.15, -0.1) is 11.8 Å². The normalized spacial score (nSPS) is 18.1. The third-order valence-corrected chi connectivity index (χ3v) is 5.64. The maximum atomic E-state index is 13.5. The number of likely N-dealkylation sites (N-methyl/N-ethyl adjacent to an activating group) is 1. The predicted molar refractivity (Wildman–Crippen MR) is 95.4 cm³/mol. The summed E-state index contributed by atoms with van der Waals surface area (Å²) >= 11 is 1.24. The van der Waals surface area contributed by atoms with Gasteiger partial charge in [-0.05, 0) is 36.7 Å². The molecule has 1 aliphatic heterocycles. The Morgan fingerprint density at radius 2 is 1.96 bits per heavy atom. The lowest BCUT2D eigenvalue weighted by Crippen LogP contribution is -2.40. The molecule has 0 bridgehead atoms. The van der Waals surface area contributed by atoms with Crippen LogP contribution in [0.2, 0.25) is 0 Å². The Hall–Kier alpha value is -1.92. The average Bonchev–Trinajstić information content (AvgIpc) is 3.17. The van der Waals surface area contributed by atoms with E-state index in [2.05, 4.69) is 5.32 Å². The lowest BCUT2D eigenvalue weighted by atomic mass is 10.1. The van der Waals surface area contributed by atoms with Crippen LogP contribution in [0.5, 0.6) is 0 Å². The molecule has 0 radical (unpaired) electrons. The topological polar surface area (TPSA) is 32.3 Å². The Morgan fingerprint density at radius 1 is 1.20 bits per heavy atom.